The fraction of sp³-hybridized carbons (Fsp3) is 1.00. The number of piperazine rings is 1. The summed E-state index contributed by atoms with van der Waals surface area (Å²) in [6.45, 7) is 12.6. The molecule has 1 saturated heterocycles. The molecule has 1 atom stereocenters. The van der Waals surface area contributed by atoms with Crippen molar-refractivity contribution in [2.75, 3.05) is 39.9 Å². The van der Waals surface area contributed by atoms with E-state index in [1.54, 1.807) is 7.11 Å². The monoisotopic (exact) mass is 242 g/mol. The third kappa shape index (κ3) is 5.84. The summed E-state index contributed by atoms with van der Waals surface area (Å²) in [6.07, 6.45) is 3.72. The van der Waals surface area contributed by atoms with Gasteiger partial charge in [-0.2, -0.15) is 0 Å². The average molecular weight is 242 g/mol. The minimum atomic E-state index is 0.365. The number of rotatable bonds is 7. The lowest BCUT2D eigenvalue weighted by Crippen LogP contribution is -2.52. The first-order valence-electron chi connectivity index (χ1n) is 7.02. The molecule has 0 aromatic heterocycles. The van der Waals surface area contributed by atoms with E-state index in [1.807, 2.05) is 0 Å². The number of nitrogens with one attached hydrogen (secondary N) is 1. The molecule has 17 heavy (non-hydrogen) atoms. The molecule has 1 heterocycles. The van der Waals surface area contributed by atoms with Gasteiger partial charge in [0.25, 0.3) is 0 Å². The molecule has 1 aliphatic rings. The molecule has 0 aliphatic carbocycles. The second kappa shape index (κ2) is 7.34. The van der Waals surface area contributed by atoms with Crippen molar-refractivity contribution in [3.63, 3.8) is 0 Å². The molecule has 0 saturated carbocycles. The zero-order valence-corrected chi connectivity index (χ0v) is 12.1. The Morgan fingerprint density at radius 3 is 2.82 bits per heavy atom. The Morgan fingerprint density at radius 2 is 2.18 bits per heavy atom. The maximum Gasteiger partial charge on any atom is 0.0467 e. The molecule has 0 radical (unpaired) electrons. The van der Waals surface area contributed by atoms with Crippen molar-refractivity contribution in [3.8, 4) is 0 Å². The van der Waals surface area contributed by atoms with Gasteiger partial charge in [-0.25, -0.2) is 0 Å². The average Bonchev–Trinajstić information content (AvgIpc) is 2.27. The Labute approximate surface area is 107 Å². The predicted octanol–water partition coefficient (Wildman–Crippen LogP) is 2.12. The van der Waals surface area contributed by atoms with Gasteiger partial charge in [-0.1, -0.05) is 27.2 Å². The molecule has 1 aliphatic heterocycles. The summed E-state index contributed by atoms with van der Waals surface area (Å²) in [5.41, 5.74) is 0.365. The van der Waals surface area contributed by atoms with Crippen LogP contribution in [0.4, 0.5) is 0 Å². The van der Waals surface area contributed by atoms with E-state index in [-0.39, 0.29) is 0 Å². The molecular weight excluding hydrogens is 212 g/mol. The minimum absolute atomic E-state index is 0.365. The Bertz CT molecular complexity index is 204. The van der Waals surface area contributed by atoms with Crippen LogP contribution in [0.5, 0.6) is 0 Å². The van der Waals surface area contributed by atoms with Crippen molar-refractivity contribution in [1.29, 1.82) is 0 Å². The lowest BCUT2D eigenvalue weighted by atomic mass is 9.88. The summed E-state index contributed by atoms with van der Waals surface area (Å²) in [7, 11) is 1.79. The molecule has 3 heteroatoms. The standard InChI is InChI=1S/C14H30N2O/c1-5-6-13-11-16(9-8-15-13)12-14(2,3)7-10-17-4/h13,15H,5-12H2,1-4H3. The molecule has 0 aromatic rings. The number of hydrogen-bond donors (Lipinski definition) is 1. The van der Waals surface area contributed by atoms with Crippen molar-refractivity contribution in [2.24, 2.45) is 5.41 Å². The summed E-state index contributed by atoms with van der Waals surface area (Å²) >= 11 is 0. The van der Waals surface area contributed by atoms with Crippen molar-refractivity contribution in [2.45, 2.75) is 46.1 Å². The largest absolute Gasteiger partial charge is 0.385 e. The molecule has 3 nitrogen and oxygen atoms in total. The van der Waals surface area contributed by atoms with Crippen molar-refractivity contribution in [3.05, 3.63) is 0 Å². The molecule has 1 N–H and O–H groups in total. The second-order valence-corrected chi connectivity index (χ2v) is 6.08. The highest BCUT2D eigenvalue weighted by Gasteiger charge is 2.25. The topological polar surface area (TPSA) is 24.5 Å². The first-order chi connectivity index (χ1) is 8.07. The number of hydrogen-bond acceptors (Lipinski definition) is 3. The van der Waals surface area contributed by atoms with Crippen LogP contribution >= 0.6 is 0 Å². The van der Waals surface area contributed by atoms with Crippen LogP contribution in [-0.2, 0) is 4.74 Å². The summed E-state index contributed by atoms with van der Waals surface area (Å²) in [5, 5.41) is 3.61. The van der Waals surface area contributed by atoms with E-state index in [2.05, 4.69) is 31.0 Å². The van der Waals surface area contributed by atoms with E-state index >= 15 is 0 Å². The van der Waals surface area contributed by atoms with E-state index in [9.17, 15) is 0 Å². The van der Waals surface area contributed by atoms with Gasteiger partial charge in [-0.05, 0) is 18.3 Å². The fourth-order valence-electron chi connectivity index (χ4n) is 2.64. The van der Waals surface area contributed by atoms with Crippen LogP contribution in [0.2, 0.25) is 0 Å². The molecule has 1 rings (SSSR count). The van der Waals surface area contributed by atoms with E-state index in [4.69, 9.17) is 4.74 Å². The highest BCUT2D eigenvalue weighted by atomic mass is 16.5. The first kappa shape index (κ1) is 14.9. The van der Waals surface area contributed by atoms with Gasteiger partial charge in [0.05, 0.1) is 0 Å². The number of methoxy groups -OCH3 is 1. The quantitative estimate of drug-likeness (QED) is 0.740. The number of nitrogens with zero attached hydrogens (tertiary/aromatic N) is 1. The zero-order chi connectivity index (χ0) is 12.7. The smallest absolute Gasteiger partial charge is 0.0467 e. The van der Waals surface area contributed by atoms with Gasteiger partial charge in [0.1, 0.15) is 0 Å². The van der Waals surface area contributed by atoms with Crippen molar-refractivity contribution >= 4 is 0 Å². The van der Waals surface area contributed by atoms with Crippen LogP contribution in [-0.4, -0.2) is 50.8 Å². The second-order valence-electron chi connectivity index (χ2n) is 6.08. The lowest BCUT2D eigenvalue weighted by Gasteiger charge is -2.38. The van der Waals surface area contributed by atoms with Gasteiger partial charge < -0.3 is 10.1 Å². The number of ether oxygens (including phenoxy) is 1. The van der Waals surface area contributed by atoms with Crippen LogP contribution < -0.4 is 5.32 Å². The van der Waals surface area contributed by atoms with Crippen molar-refractivity contribution < 1.29 is 4.74 Å². The van der Waals surface area contributed by atoms with E-state index in [1.165, 1.54) is 32.5 Å². The normalized spacial score (nSPS) is 22.9. The Hall–Kier alpha value is -0.120. The van der Waals surface area contributed by atoms with Crippen LogP contribution in [0, 0.1) is 5.41 Å². The first-order valence-corrected chi connectivity index (χ1v) is 7.02. The minimum Gasteiger partial charge on any atom is -0.385 e. The molecule has 102 valence electrons. The zero-order valence-electron chi connectivity index (χ0n) is 12.1. The van der Waals surface area contributed by atoms with Crippen LogP contribution in [0.15, 0.2) is 0 Å². The third-order valence-corrected chi connectivity index (χ3v) is 3.61. The summed E-state index contributed by atoms with van der Waals surface area (Å²) < 4.78 is 5.20. The maximum absolute atomic E-state index is 5.20. The van der Waals surface area contributed by atoms with Crippen LogP contribution in [0.3, 0.4) is 0 Å². The highest BCUT2D eigenvalue weighted by molar-refractivity contribution is 4.82. The van der Waals surface area contributed by atoms with Gasteiger partial charge in [0.2, 0.25) is 0 Å². The van der Waals surface area contributed by atoms with Crippen molar-refractivity contribution in [1.82, 2.24) is 10.2 Å². The predicted molar refractivity (Wildman–Crippen MR) is 73.4 cm³/mol. The van der Waals surface area contributed by atoms with Gasteiger partial charge in [-0.15, -0.1) is 0 Å². The SMILES string of the molecule is CCCC1CN(CC(C)(C)CCOC)CCN1. The molecule has 0 bridgehead atoms. The Morgan fingerprint density at radius 1 is 1.41 bits per heavy atom. The summed E-state index contributed by atoms with van der Waals surface area (Å²) in [5.74, 6) is 0. The molecule has 0 spiro atoms. The van der Waals surface area contributed by atoms with Gasteiger partial charge in [0, 0.05) is 45.9 Å². The Balaban J connectivity index is 2.34. The van der Waals surface area contributed by atoms with Gasteiger partial charge in [-0.3, -0.25) is 4.90 Å². The van der Waals surface area contributed by atoms with Gasteiger partial charge in [0.15, 0.2) is 0 Å². The summed E-state index contributed by atoms with van der Waals surface area (Å²) in [4.78, 5) is 2.62. The molecule has 1 fully saturated rings. The van der Waals surface area contributed by atoms with E-state index < -0.39 is 0 Å². The molecule has 0 amide bonds. The van der Waals surface area contributed by atoms with E-state index in [0.717, 1.165) is 19.6 Å². The molecular formula is C14H30N2O. The third-order valence-electron chi connectivity index (χ3n) is 3.61. The lowest BCUT2D eigenvalue weighted by molar-refractivity contribution is 0.0980. The molecule has 0 aromatic carbocycles. The Kier molecular flexibility index (Phi) is 6.45. The van der Waals surface area contributed by atoms with Crippen LogP contribution in [0.25, 0.3) is 0 Å². The molecule has 1 unspecified atom stereocenters. The maximum atomic E-state index is 5.20. The van der Waals surface area contributed by atoms with Gasteiger partial charge >= 0.3 is 0 Å². The highest BCUT2D eigenvalue weighted by Crippen LogP contribution is 2.22. The van der Waals surface area contributed by atoms with E-state index in [0.29, 0.717) is 11.5 Å². The summed E-state index contributed by atoms with van der Waals surface area (Å²) in [6, 6.07) is 0.701. The van der Waals surface area contributed by atoms with Crippen LogP contribution in [0.1, 0.15) is 40.0 Å². The fourth-order valence-corrected chi connectivity index (χ4v) is 2.64.